The lowest BCUT2D eigenvalue weighted by molar-refractivity contribution is -0.149. The number of amides is 1. The number of hydrogen-bond acceptors (Lipinski definition) is 5. The van der Waals surface area contributed by atoms with E-state index in [4.69, 9.17) is 4.74 Å². The molecule has 0 spiro atoms. The summed E-state index contributed by atoms with van der Waals surface area (Å²) in [6.07, 6.45) is 5.67. The van der Waals surface area contributed by atoms with Crippen LogP contribution in [0.4, 0.5) is 0 Å². The molecule has 1 amide bonds. The Morgan fingerprint density at radius 3 is 2.61 bits per heavy atom. The Kier molecular flexibility index (Phi) is 6.57. The lowest BCUT2D eigenvalue weighted by atomic mass is 9.92. The van der Waals surface area contributed by atoms with Crippen molar-refractivity contribution in [3.8, 4) is 0 Å². The third-order valence-electron chi connectivity index (χ3n) is 4.69. The summed E-state index contributed by atoms with van der Waals surface area (Å²) < 4.78 is 6.78. The van der Waals surface area contributed by atoms with Gasteiger partial charge in [-0.25, -0.2) is 9.48 Å². The summed E-state index contributed by atoms with van der Waals surface area (Å²) in [7, 11) is 0. The van der Waals surface area contributed by atoms with E-state index in [2.05, 4.69) is 24.2 Å². The molecule has 2 atom stereocenters. The molecule has 7 heteroatoms. The van der Waals surface area contributed by atoms with Gasteiger partial charge in [0.1, 0.15) is 5.69 Å². The molecule has 2 aromatic rings. The highest BCUT2D eigenvalue weighted by Gasteiger charge is 2.25. The minimum absolute atomic E-state index is 0.144. The van der Waals surface area contributed by atoms with Crippen molar-refractivity contribution in [2.24, 2.45) is 11.8 Å². The van der Waals surface area contributed by atoms with Crippen LogP contribution in [0.15, 0.2) is 42.6 Å². The molecule has 0 bridgehead atoms. The second-order valence-electron chi connectivity index (χ2n) is 7.51. The molecule has 0 radical (unpaired) electrons. The molecule has 1 aliphatic heterocycles. The topological polar surface area (TPSA) is 77.3 Å². The van der Waals surface area contributed by atoms with Crippen molar-refractivity contribution in [2.75, 3.05) is 19.7 Å². The number of nitrogens with zero attached hydrogens (tertiary/aromatic N) is 4. The van der Waals surface area contributed by atoms with E-state index < -0.39 is 5.97 Å². The van der Waals surface area contributed by atoms with Crippen LogP contribution in [0.3, 0.4) is 0 Å². The van der Waals surface area contributed by atoms with Gasteiger partial charge in [-0.15, -0.1) is 5.10 Å². The van der Waals surface area contributed by atoms with Gasteiger partial charge in [-0.1, -0.05) is 49.4 Å². The number of rotatable bonds is 6. The highest BCUT2D eigenvalue weighted by molar-refractivity contribution is 5.89. The van der Waals surface area contributed by atoms with Gasteiger partial charge in [-0.05, 0) is 29.9 Å². The zero-order valence-electron chi connectivity index (χ0n) is 16.3. The molecule has 0 saturated carbocycles. The van der Waals surface area contributed by atoms with E-state index in [1.165, 1.54) is 12.2 Å². The number of carbonyl (C=O) groups is 2. The van der Waals surface area contributed by atoms with E-state index in [0.717, 1.165) is 25.1 Å². The maximum absolute atomic E-state index is 12.2. The van der Waals surface area contributed by atoms with Crippen LogP contribution >= 0.6 is 0 Å². The highest BCUT2D eigenvalue weighted by atomic mass is 16.5. The smallest absolute Gasteiger partial charge is 0.331 e. The molecule has 148 valence electrons. The minimum atomic E-state index is -0.566. The van der Waals surface area contributed by atoms with Gasteiger partial charge in [-0.3, -0.25) is 4.79 Å². The predicted octanol–water partition coefficient (Wildman–Crippen LogP) is 2.39. The van der Waals surface area contributed by atoms with E-state index in [1.54, 1.807) is 15.8 Å². The Hall–Kier alpha value is -2.96. The summed E-state index contributed by atoms with van der Waals surface area (Å²) in [6, 6.07) is 9.91. The number of ether oxygens (including phenoxy) is 1. The van der Waals surface area contributed by atoms with Crippen molar-refractivity contribution in [1.82, 2.24) is 19.9 Å². The number of esters is 1. The normalized spacial score (nSPS) is 19.7. The summed E-state index contributed by atoms with van der Waals surface area (Å²) in [4.78, 5) is 25.9. The second-order valence-corrected chi connectivity index (χ2v) is 7.51. The Labute approximate surface area is 165 Å². The van der Waals surface area contributed by atoms with Crippen LogP contribution in [0.25, 0.3) is 6.08 Å². The first-order valence-electron chi connectivity index (χ1n) is 9.56. The summed E-state index contributed by atoms with van der Waals surface area (Å²) >= 11 is 0. The van der Waals surface area contributed by atoms with Crippen LogP contribution in [0, 0.1) is 11.8 Å². The molecule has 28 heavy (non-hydrogen) atoms. The summed E-state index contributed by atoms with van der Waals surface area (Å²) in [6.45, 7) is 6.09. The Balaban J connectivity index is 1.45. The fourth-order valence-corrected chi connectivity index (χ4v) is 3.53. The van der Waals surface area contributed by atoms with Crippen molar-refractivity contribution >= 4 is 18.0 Å². The van der Waals surface area contributed by atoms with Crippen molar-refractivity contribution in [1.29, 1.82) is 0 Å². The Morgan fingerprint density at radius 1 is 1.18 bits per heavy atom. The zero-order chi connectivity index (χ0) is 19.9. The second kappa shape index (κ2) is 9.30. The quantitative estimate of drug-likeness (QED) is 0.566. The van der Waals surface area contributed by atoms with Crippen LogP contribution in [0.5, 0.6) is 0 Å². The van der Waals surface area contributed by atoms with Gasteiger partial charge in [0.2, 0.25) is 0 Å². The van der Waals surface area contributed by atoms with E-state index in [9.17, 15) is 9.59 Å². The summed E-state index contributed by atoms with van der Waals surface area (Å²) in [5, 5.41) is 8.05. The first-order chi connectivity index (χ1) is 13.5. The van der Waals surface area contributed by atoms with Gasteiger partial charge in [0, 0.05) is 19.2 Å². The SMILES string of the molecule is C[C@@H]1C[C@H](C)CN(C(=O)COC(=O)/C=C/c2cn(Cc3ccccc3)nn2)C1. The predicted molar refractivity (Wildman–Crippen MR) is 105 cm³/mol. The molecule has 0 unspecified atom stereocenters. The first-order valence-corrected chi connectivity index (χ1v) is 9.56. The van der Waals surface area contributed by atoms with Gasteiger partial charge < -0.3 is 9.64 Å². The Morgan fingerprint density at radius 2 is 1.89 bits per heavy atom. The number of piperidine rings is 1. The Bertz CT molecular complexity index is 821. The molecule has 1 fully saturated rings. The van der Waals surface area contributed by atoms with Gasteiger partial charge in [0.25, 0.3) is 5.91 Å². The molecular weight excluding hydrogens is 356 g/mol. The lowest BCUT2D eigenvalue weighted by Gasteiger charge is -2.34. The molecule has 3 rings (SSSR count). The monoisotopic (exact) mass is 382 g/mol. The fraction of sp³-hybridized carbons (Fsp3) is 0.429. The average Bonchev–Trinajstić information content (AvgIpc) is 3.12. The average molecular weight is 382 g/mol. The third kappa shape index (κ3) is 5.77. The molecular formula is C21H26N4O3. The fourth-order valence-electron chi connectivity index (χ4n) is 3.53. The molecule has 7 nitrogen and oxygen atoms in total. The van der Waals surface area contributed by atoms with E-state index >= 15 is 0 Å². The van der Waals surface area contributed by atoms with E-state index in [0.29, 0.717) is 24.1 Å². The lowest BCUT2D eigenvalue weighted by Crippen LogP contribution is -2.44. The van der Waals surface area contributed by atoms with Crippen LogP contribution in [0.2, 0.25) is 0 Å². The van der Waals surface area contributed by atoms with Crippen LogP contribution in [0.1, 0.15) is 31.5 Å². The van der Waals surface area contributed by atoms with E-state index in [-0.39, 0.29) is 12.5 Å². The zero-order valence-corrected chi connectivity index (χ0v) is 16.3. The van der Waals surface area contributed by atoms with Crippen LogP contribution in [-0.2, 0) is 20.9 Å². The number of benzene rings is 1. The number of likely N-dealkylation sites (tertiary alicyclic amines) is 1. The summed E-state index contributed by atoms with van der Waals surface area (Å²) in [5.41, 5.74) is 1.67. The molecule has 1 aliphatic rings. The molecule has 2 heterocycles. The van der Waals surface area contributed by atoms with Gasteiger partial charge in [0.15, 0.2) is 6.61 Å². The van der Waals surface area contributed by atoms with Crippen molar-refractivity contribution < 1.29 is 14.3 Å². The number of hydrogen-bond donors (Lipinski definition) is 0. The van der Waals surface area contributed by atoms with Crippen molar-refractivity contribution in [2.45, 2.75) is 26.8 Å². The van der Waals surface area contributed by atoms with Crippen molar-refractivity contribution in [3.05, 3.63) is 53.9 Å². The number of aromatic nitrogens is 3. The maximum Gasteiger partial charge on any atom is 0.331 e. The van der Waals surface area contributed by atoms with Gasteiger partial charge in [-0.2, -0.15) is 0 Å². The summed E-state index contributed by atoms with van der Waals surface area (Å²) in [5.74, 6) is 0.238. The highest BCUT2D eigenvalue weighted by Crippen LogP contribution is 2.20. The minimum Gasteiger partial charge on any atom is -0.452 e. The van der Waals surface area contributed by atoms with Crippen LogP contribution in [-0.4, -0.2) is 51.5 Å². The molecule has 0 aliphatic carbocycles. The largest absolute Gasteiger partial charge is 0.452 e. The van der Waals surface area contributed by atoms with E-state index in [1.807, 2.05) is 30.3 Å². The molecule has 1 aromatic carbocycles. The van der Waals surface area contributed by atoms with Gasteiger partial charge >= 0.3 is 5.97 Å². The number of carbonyl (C=O) groups excluding carboxylic acids is 2. The maximum atomic E-state index is 12.2. The molecule has 0 N–H and O–H groups in total. The molecule has 1 aromatic heterocycles. The van der Waals surface area contributed by atoms with Gasteiger partial charge in [0.05, 0.1) is 12.7 Å². The van der Waals surface area contributed by atoms with Crippen molar-refractivity contribution in [3.63, 3.8) is 0 Å². The first kappa shape index (κ1) is 19.8. The molecule has 1 saturated heterocycles. The van der Waals surface area contributed by atoms with Crippen LogP contribution < -0.4 is 0 Å². The standard InChI is InChI=1S/C21H26N4O3/c1-16-10-17(2)12-24(11-16)20(26)15-28-21(27)9-8-19-14-25(23-22-19)13-18-6-4-3-5-7-18/h3-9,14,16-17H,10-13,15H2,1-2H3/b9-8+/t16-,17+. The third-order valence-corrected chi connectivity index (χ3v) is 4.69.